The summed E-state index contributed by atoms with van der Waals surface area (Å²) >= 11 is 0. The van der Waals surface area contributed by atoms with E-state index in [1.807, 2.05) is 35.8 Å². The van der Waals surface area contributed by atoms with Crippen LogP contribution in [0, 0.1) is 19.7 Å². The van der Waals surface area contributed by atoms with Gasteiger partial charge in [-0.3, -0.25) is 0 Å². The quantitative estimate of drug-likeness (QED) is 0.317. The molecule has 7 heteroatoms. The molecule has 2 aromatic carbocycles. The predicted octanol–water partition coefficient (Wildman–Crippen LogP) is 4.56. The third kappa shape index (κ3) is 2.55. The van der Waals surface area contributed by atoms with Gasteiger partial charge in [0.1, 0.15) is 5.76 Å². The van der Waals surface area contributed by atoms with Crippen molar-refractivity contribution < 1.29 is 19.2 Å². The van der Waals surface area contributed by atoms with Gasteiger partial charge in [-0.1, -0.05) is 28.5 Å². The zero-order valence-electron chi connectivity index (χ0n) is 14.6. The Balaban J connectivity index is 2.20. The first-order valence-corrected chi connectivity index (χ1v) is 8.26. The van der Waals surface area contributed by atoms with E-state index in [0.717, 1.165) is 16.5 Å². The average Bonchev–Trinajstić information content (AvgIpc) is 3.15. The molecule has 6 nitrogen and oxygen atoms in total. The van der Waals surface area contributed by atoms with Crippen molar-refractivity contribution in [3.05, 3.63) is 65.3 Å². The van der Waals surface area contributed by atoms with Gasteiger partial charge in [0.05, 0.1) is 28.7 Å². The van der Waals surface area contributed by atoms with Crippen LogP contribution in [0.25, 0.3) is 27.8 Å². The number of aromatic nitrogens is 2. The summed E-state index contributed by atoms with van der Waals surface area (Å²) in [6.07, 6.45) is 1.34. The first-order chi connectivity index (χ1) is 13.0. The highest BCUT2D eigenvalue weighted by atomic mass is 19.1. The van der Waals surface area contributed by atoms with E-state index in [9.17, 15) is 14.7 Å². The van der Waals surface area contributed by atoms with Crippen molar-refractivity contribution >= 4 is 17.1 Å². The fourth-order valence-electron chi connectivity index (χ4n) is 3.42. The van der Waals surface area contributed by atoms with E-state index in [1.165, 1.54) is 18.3 Å². The average molecular weight is 365 g/mol. The van der Waals surface area contributed by atoms with Crippen LogP contribution in [-0.4, -0.2) is 26.3 Å². The van der Waals surface area contributed by atoms with Crippen LogP contribution >= 0.6 is 0 Å². The molecular formula is C20H16FN3O3. The zero-order valence-corrected chi connectivity index (χ0v) is 14.6. The minimum absolute atomic E-state index is 0.425. The Morgan fingerprint density at radius 3 is 2.63 bits per heavy atom. The fourth-order valence-corrected chi connectivity index (χ4v) is 3.42. The zero-order chi connectivity index (χ0) is 19.1. The Morgan fingerprint density at radius 1 is 1.19 bits per heavy atom. The highest BCUT2D eigenvalue weighted by molar-refractivity contribution is 6.07. The van der Waals surface area contributed by atoms with Crippen LogP contribution < -0.4 is 0 Å². The monoisotopic (exact) mass is 365 g/mol. The summed E-state index contributed by atoms with van der Waals surface area (Å²) in [6.45, 7) is 3.60. The summed E-state index contributed by atoms with van der Waals surface area (Å²) in [5.74, 6) is -0.568. The molecule has 0 amide bonds. The number of hydrogen-bond donors (Lipinski definition) is 2. The second-order valence-corrected chi connectivity index (χ2v) is 6.19. The second-order valence-electron chi connectivity index (χ2n) is 6.19. The normalized spacial score (nSPS) is 11.7. The summed E-state index contributed by atoms with van der Waals surface area (Å²) in [5.41, 5.74) is 3.99. The molecule has 0 saturated carbocycles. The van der Waals surface area contributed by atoms with Crippen LogP contribution in [0.5, 0.6) is 5.75 Å². The summed E-state index contributed by atoms with van der Waals surface area (Å²) in [7, 11) is 0. The van der Waals surface area contributed by atoms with Crippen LogP contribution in [0.2, 0.25) is 0 Å². The number of para-hydroxylation sites is 1. The lowest BCUT2D eigenvalue weighted by Gasteiger charge is -2.12. The first-order valence-electron chi connectivity index (χ1n) is 8.26. The Hall–Kier alpha value is -3.61. The molecular weight excluding hydrogens is 349 g/mol. The molecule has 0 radical (unpaired) electrons. The van der Waals surface area contributed by atoms with E-state index in [1.54, 1.807) is 13.0 Å². The summed E-state index contributed by atoms with van der Waals surface area (Å²) in [5, 5.41) is 26.9. The number of phenolic OH excluding ortho intramolecular Hbond substituents is 1. The number of rotatable bonds is 3. The molecule has 0 fully saturated rings. The highest BCUT2D eigenvalue weighted by Gasteiger charge is 2.24. The number of oxime groups is 1. The minimum Gasteiger partial charge on any atom is -0.505 e. The van der Waals surface area contributed by atoms with Gasteiger partial charge in [-0.2, -0.15) is 0 Å². The van der Waals surface area contributed by atoms with Crippen LogP contribution in [0.4, 0.5) is 4.39 Å². The van der Waals surface area contributed by atoms with E-state index < -0.39 is 11.6 Å². The van der Waals surface area contributed by atoms with E-state index >= 15 is 0 Å². The third-order valence-electron chi connectivity index (χ3n) is 4.56. The van der Waals surface area contributed by atoms with Crippen LogP contribution in [0.3, 0.4) is 0 Å². The van der Waals surface area contributed by atoms with Crippen LogP contribution in [-0.2, 0) is 0 Å². The van der Waals surface area contributed by atoms with Gasteiger partial charge >= 0.3 is 0 Å². The Bertz CT molecular complexity index is 1170. The second kappa shape index (κ2) is 6.28. The molecule has 2 heterocycles. The molecule has 0 atom stereocenters. The Kier molecular flexibility index (Phi) is 3.92. The summed E-state index contributed by atoms with van der Waals surface area (Å²) in [4.78, 5) is 0. The number of halogens is 1. The maximum absolute atomic E-state index is 14.1. The lowest BCUT2D eigenvalue weighted by molar-refractivity contribution is 0.322. The Morgan fingerprint density at radius 2 is 1.96 bits per heavy atom. The molecule has 0 aliphatic carbocycles. The summed E-state index contributed by atoms with van der Waals surface area (Å²) < 4.78 is 21.3. The van der Waals surface area contributed by atoms with Gasteiger partial charge < -0.3 is 19.4 Å². The van der Waals surface area contributed by atoms with Gasteiger partial charge in [0, 0.05) is 22.7 Å². The van der Waals surface area contributed by atoms with Gasteiger partial charge in [0.15, 0.2) is 11.6 Å². The van der Waals surface area contributed by atoms with Crippen LogP contribution in [0.1, 0.15) is 17.0 Å². The van der Waals surface area contributed by atoms with Gasteiger partial charge in [-0.05, 0) is 32.0 Å². The molecule has 4 rings (SSSR count). The number of benzene rings is 2. The van der Waals surface area contributed by atoms with Crippen molar-refractivity contribution in [1.29, 1.82) is 0 Å². The van der Waals surface area contributed by atoms with E-state index in [-0.39, 0.29) is 0 Å². The SMILES string of the molecule is Cc1noc(C)c1-c1c(/C=N/O)c2ccccc2n1-c1ccc(O)c(F)c1. The van der Waals surface area contributed by atoms with Gasteiger partial charge in [0.2, 0.25) is 0 Å². The molecule has 27 heavy (non-hydrogen) atoms. The third-order valence-corrected chi connectivity index (χ3v) is 4.56. The topological polar surface area (TPSA) is 83.8 Å². The van der Waals surface area contributed by atoms with E-state index in [0.29, 0.717) is 28.4 Å². The summed E-state index contributed by atoms with van der Waals surface area (Å²) in [6, 6.07) is 11.7. The van der Waals surface area contributed by atoms with E-state index in [2.05, 4.69) is 10.3 Å². The maximum Gasteiger partial charge on any atom is 0.166 e. The minimum atomic E-state index is -0.729. The lowest BCUT2D eigenvalue weighted by atomic mass is 10.0. The fraction of sp³-hybridized carbons (Fsp3) is 0.100. The van der Waals surface area contributed by atoms with Crippen molar-refractivity contribution in [2.24, 2.45) is 5.16 Å². The van der Waals surface area contributed by atoms with Crippen molar-refractivity contribution in [3.63, 3.8) is 0 Å². The number of fused-ring (bicyclic) bond motifs is 1. The number of phenols is 1. The molecule has 0 aliphatic heterocycles. The molecule has 0 aliphatic rings. The van der Waals surface area contributed by atoms with E-state index in [4.69, 9.17) is 4.52 Å². The molecule has 0 bridgehead atoms. The smallest absolute Gasteiger partial charge is 0.166 e. The molecule has 0 unspecified atom stereocenters. The first kappa shape index (κ1) is 16.8. The Labute approximate surface area is 153 Å². The maximum atomic E-state index is 14.1. The van der Waals surface area contributed by atoms with Crippen molar-refractivity contribution in [1.82, 2.24) is 9.72 Å². The van der Waals surface area contributed by atoms with Crippen LogP contribution in [0.15, 0.2) is 52.1 Å². The largest absolute Gasteiger partial charge is 0.505 e. The molecule has 136 valence electrons. The number of aryl methyl sites for hydroxylation is 2. The molecule has 4 aromatic rings. The molecule has 0 spiro atoms. The number of aromatic hydroxyl groups is 1. The molecule has 2 N–H and O–H groups in total. The van der Waals surface area contributed by atoms with Gasteiger partial charge in [-0.25, -0.2) is 4.39 Å². The van der Waals surface area contributed by atoms with Crippen molar-refractivity contribution in [3.8, 4) is 22.7 Å². The number of hydrogen-bond acceptors (Lipinski definition) is 5. The lowest BCUT2D eigenvalue weighted by Crippen LogP contribution is -2.00. The predicted molar refractivity (Wildman–Crippen MR) is 99.2 cm³/mol. The standard InChI is InChI=1S/C20H16FN3O3/c1-11-19(12(2)27-23-11)20-15(10-22-26)14-5-3-4-6-17(14)24(20)13-7-8-18(25)16(21)9-13/h3-10,25-26H,1-2H3/b22-10+. The van der Waals surface area contributed by atoms with Gasteiger partial charge in [-0.15, -0.1) is 0 Å². The molecule has 2 aromatic heterocycles. The van der Waals surface area contributed by atoms with Crippen molar-refractivity contribution in [2.45, 2.75) is 13.8 Å². The molecule has 0 saturated heterocycles. The number of nitrogens with zero attached hydrogens (tertiary/aromatic N) is 3. The highest BCUT2D eigenvalue weighted by Crippen LogP contribution is 2.39. The van der Waals surface area contributed by atoms with Crippen molar-refractivity contribution in [2.75, 3.05) is 0 Å². The van der Waals surface area contributed by atoms with Gasteiger partial charge in [0.25, 0.3) is 0 Å².